The van der Waals surface area contributed by atoms with Gasteiger partial charge in [-0.2, -0.15) is 0 Å². The maximum atomic E-state index is 13.5. The van der Waals surface area contributed by atoms with Gasteiger partial charge in [0, 0.05) is 10.8 Å². The molecule has 0 bridgehead atoms. The minimum Gasteiger partial charge on any atom is -0.385 e. The van der Waals surface area contributed by atoms with Gasteiger partial charge < -0.3 is 5.73 Å². The maximum Gasteiger partial charge on any atom is 0.131 e. The summed E-state index contributed by atoms with van der Waals surface area (Å²) in [6.07, 6.45) is 3.30. The number of hydrogen-bond donors (Lipinski definition) is 1. The molecule has 0 aliphatic heterocycles. The number of imidazole rings is 1. The summed E-state index contributed by atoms with van der Waals surface area (Å²) in [6, 6.07) is 6.59. The zero-order valence-corrected chi connectivity index (χ0v) is 7.81. The van der Waals surface area contributed by atoms with Gasteiger partial charge in [-0.3, -0.25) is 4.40 Å². The molecule has 0 spiro atoms. The van der Waals surface area contributed by atoms with E-state index in [1.54, 1.807) is 29.1 Å². The molecular weight excluding hydrogens is 193 g/mol. The second kappa shape index (κ2) is 2.70. The van der Waals surface area contributed by atoms with Crippen LogP contribution in [-0.4, -0.2) is 9.38 Å². The molecule has 3 aromatic rings. The van der Waals surface area contributed by atoms with Gasteiger partial charge in [0.15, 0.2) is 0 Å². The fraction of sp³-hybridized carbons (Fsp3) is 0. The number of pyridine rings is 1. The van der Waals surface area contributed by atoms with Crippen LogP contribution in [0.5, 0.6) is 0 Å². The zero-order chi connectivity index (χ0) is 10.4. The number of benzene rings is 1. The third-order valence-corrected chi connectivity index (χ3v) is 2.54. The minimum atomic E-state index is -0.261. The van der Waals surface area contributed by atoms with Crippen molar-refractivity contribution in [2.45, 2.75) is 0 Å². The Morgan fingerprint density at radius 1 is 1.27 bits per heavy atom. The minimum absolute atomic E-state index is 0.261. The molecule has 0 atom stereocenters. The van der Waals surface area contributed by atoms with E-state index in [0.29, 0.717) is 11.2 Å². The van der Waals surface area contributed by atoms with Crippen molar-refractivity contribution in [3.63, 3.8) is 0 Å². The van der Waals surface area contributed by atoms with Gasteiger partial charge in [0.1, 0.15) is 18.0 Å². The summed E-state index contributed by atoms with van der Waals surface area (Å²) >= 11 is 0. The largest absolute Gasteiger partial charge is 0.385 e. The first-order valence-electron chi connectivity index (χ1n) is 4.56. The highest BCUT2D eigenvalue weighted by Gasteiger charge is 2.07. The van der Waals surface area contributed by atoms with E-state index in [0.717, 1.165) is 10.9 Å². The van der Waals surface area contributed by atoms with Crippen molar-refractivity contribution in [2.24, 2.45) is 0 Å². The van der Waals surface area contributed by atoms with Crippen molar-refractivity contribution in [3.8, 4) is 0 Å². The van der Waals surface area contributed by atoms with Gasteiger partial charge in [0.05, 0.1) is 11.7 Å². The Hall–Kier alpha value is -2.10. The number of hydrogen-bond acceptors (Lipinski definition) is 2. The van der Waals surface area contributed by atoms with Gasteiger partial charge >= 0.3 is 0 Å². The van der Waals surface area contributed by atoms with Crippen LogP contribution < -0.4 is 5.73 Å². The molecule has 2 aromatic heterocycles. The van der Waals surface area contributed by atoms with Crippen molar-refractivity contribution in [3.05, 3.63) is 42.6 Å². The molecule has 74 valence electrons. The summed E-state index contributed by atoms with van der Waals surface area (Å²) in [5.74, 6) is 0.225. The Bertz CT molecular complexity index is 657. The summed E-state index contributed by atoms with van der Waals surface area (Å²) in [4.78, 5) is 4.00. The van der Waals surface area contributed by atoms with Crippen LogP contribution in [0, 0.1) is 5.82 Å². The second-order valence-corrected chi connectivity index (χ2v) is 3.42. The van der Waals surface area contributed by atoms with Crippen LogP contribution in [0.15, 0.2) is 36.8 Å². The molecule has 0 saturated carbocycles. The first-order chi connectivity index (χ1) is 7.27. The summed E-state index contributed by atoms with van der Waals surface area (Å²) in [7, 11) is 0. The Morgan fingerprint density at radius 3 is 3.00 bits per heavy atom. The number of rotatable bonds is 0. The molecule has 3 nitrogen and oxygen atoms in total. The fourth-order valence-corrected chi connectivity index (χ4v) is 1.82. The summed E-state index contributed by atoms with van der Waals surface area (Å²) in [5.41, 5.74) is 6.62. The topological polar surface area (TPSA) is 43.3 Å². The molecule has 1 aromatic carbocycles. The predicted molar refractivity (Wildman–Crippen MR) is 57.1 cm³/mol. The Morgan fingerprint density at radius 2 is 2.13 bits per heavy atom. The van der Waals surface area contributed by atoms with E-state index < -0.39 is 0 Å². The number of anilines is 1. The first kappa shape index (κ1) is 8.23. The third kappa shape index (κ3) is 1.01. The van der Waals surface area contributed by atoms with Crippen LogP contribution in [0.3, 0.4) is 0 Å². The van der Waals surface area contributed by atoms with E-state index in [9.17, 15) is 4.39 Å². The molecule has 3 rings (SSSR count). The summed E-state index contributed by atoms with van der Waals surface area (Å²) < 4.78 is 15.3. The lowest BCUT2D eigenvalue weighted by atomic mass is 10.1. The molecule has 0 saturated heterocycles. The molecule has 0 amide bonds. The van der Waals surface area contributed by atoms with E-state index in [-0.39, 0.29) is 5.82 Å². The van der Waals surface area contributed by atoms with Gasteiger partial charge in [-0.1, -0.05) is 12.1 Å². The standard InChI is InChI=1S/C11H8FN3/c12-9-3-1-2-7-8(9)4-11(13)15-6-14-5-10(7)15/h1-6H,13H2. The highest BCUT2D eigenvalue weighted by Crippen LogP contribution is 2.25. The van der Waals surface area contributed by atoms with Crippen molar-refractivity contribution in [2.75, 3.05) is 5.73 Å². The Kier molecular flexibility index (Phi) is 1.48. The molecule has 2 heterocycles. The molecular formula is C11H8FN3. The van der Waals surface area contributed by atoms with Crippen molar-refractivity contribution < 1.29 is 4.39 Å². The second-order valence-electron chi connectivity index (χ2n) is 3.42. The van der Waals surface area contributed by atoms with Crippen LogP contribution in [-0.2, 0) is 0 Å². The van der Waals surface area contributed by atoms with Gasteiger partial charge in [0.25, 0.3) is 0 Å². The number of aromatic nitrogens is 2. The van der Waals surface area contributed by atoms with Crippen LogP contribution >= 0.6 is 0 Å². The lowest BCUT2D eigenvalue weighted by molar-refractivity contribution is 0.640. The van der Waals surface area contributed by atoms with E-state index in [1.807, 2.05) is 6.07 Å². The zero-order valence-electron chi connectivity index (χ0n) is 7.81. The fourth-order valence-electron chi connectivity index (χ4n) is 1.82. The average molecular weight is 201 g/mol. The smallest absolute Gasteiger partial charge is 0.131 e. The molecule has 0 aliphatic carbocycles. The van der Waals surface area contributed by atoms with E-state index in [2.05, 4.69) is 4.98 Å². The van der Waals surface area contributed by atoms with Crippen LogP contribution in [0.25, 0.3) is 16.3 Å². The molecule has 2 N–H and O–H groups in total. The third-order valence-electron chi connectivity index (χ3n) is 2.54. The van der Waals surface area contributed by atoms with Crippen LogP contribution in [0.2, 0.25) is 0 Å². The number of nitrogens with two attached hydrogens (primary N) is 1. The van der Waals surface area contributed by atoms with Crippen LogP contribution in [0.1, 0.15) is 0 Å². The monoisotopic (exact) mass is 201 g/mol. The Labute approximate surface area is 85.0 Å². The van der Waals surface area contributed by atoms with E-state index >= 15 is 0 Å². The number of fused-ring (bicyclic) bond motifs is 3. The van der Waals surface area contributed by atoms with E-state index in [1.165, 1.54) is 6.07 Å². The van der Waals surface area contributed by atoms with Gasteiger partial charge in [-0.15, -0.1) is 0 Å². The van der Waals surface area contributed by atoms with Crippen molar-refractivity contribution >= 4 is 22.1 Å². The first-order valence-corrected chi connectivity index (χ1v) is 4.56. The van der Waals surface area contributed by atoms with Gasteiger partial charge in [0.2, 0.25) is 0 Å². The quantitative estimate of drug-likeness (QED) is 0.606. The van der Waals surface area contributed by atoms with Crippen LogP contribution in [0.4, 0.5) is 10.2 Å². The maximum absolute atomic E-state index is 13.5. The predicted octanol–water partition coefficient (Wildman–Crippen LogP) is 2.21. The molecule has 0 aliphatic rings. The highest BCUT2D eigenvalue weighted by atomic mass is 19.1. The molecule has 0 unspecified atom stereocenters. The normalized spacial score (nSPS) is 11.3. The van der Waals surface area contributed by atoms with Gasteiger partial charge in [-0.25, -0.2) is 9.37 Å². The number of halogens is 1. The Balaban J connectivity index is 2.66. The summed E-state index contributed by atoms with van der Waals surface area (Å²) in [6.45, 7) is 0. The SMILES string of the molecule is Nc1cc2c(F)cccc2c2cncn12. The molecule has 15 heavy (non-hydrogen) atoms. The lowest BCUT2D eigenvalue weighted by Gasteiger charge is -2.05. The average Bonchev–Trinajstić information content (AvgIpc) is 2.69. The number of nitrogen functional groups attached to an aromatic ring is 1. The van der Waals surface area contributed by atoms with E-state index in [4.69, 9.17) is 5.73 Å². The lowest BCUT2D eigenvalue weighted by Crippen LogP contribution is -1.96. The molecule has 4 heteroatoms. The van der Waals surface area contributed by atoms with Crippen molar-refractivity contribution in [1.82, 2.24) is 9.38 Å². The number of nitrogens with zero attached hydrogens (tertiary/aromatic N) is 2. The van der Waals surface area contributed by atoms with Crippen molar-refractivity contribution in [1.29, 1.82) is 0 Å². The van der Waals surface area contributed by atoms with Gasteiger partial charge in [-0.05, 0) is 12.1 Å². The molecule has 0 fully saturated rings. The summed E-state index contributed by atoms with van der Waals surface area (Å²) in [5, 5.41) is 1.35. The highest BCUT2D eigenvalue weighted by molar-refractivity contribution is 5.97. The molecule has 0 radical (unpaired) electrons.